The van der Waals surface area contributed by atoms with Crippen LogP contribution in [-0.2, 0) is 14.3 Å². The molecule has 0 radical (unpaired) electrons. The van der Waals surface area contributed by atoms with Gasteiger partial charge in [0.2, 0.25) is 0 Å². The summed E-state index contributed by atoms with van der Waals surface area (Å²) in [7, 11) is 0. The quantitative estimate of drug-likeness (QED) is 0.594. The lowest BCUT2D eigenvalue weighted by molar-refractivity contribution is -0.210. The third-order valence-electron chi connectivity index (χ3n) is 10.4. The molecular weight excluding hydrogens is 348 g/mol. The third kappa shape index (κ3) is 2.23. The topological polar surface area (TPSA) is 43.4 Å². The molecule has 0 aromatic rings. The number of ketones is 1. The molecule has 3 nitrogen and oxygen atoms in total. The van der Waals surface area contributed by atoms with Crippen molar-refractivity contribution in [3.05, 3.63) is 0 Å². The molecule has 0 aliphatic heterocycles. The molecular formula is C25H38O3. The fourth-order valence-corrected chi connectivity index (χ4v) is 9.63. The van der Waals surface area contributed by atoms with Gasteiger partial charge >= 0.3 is 5.97 Å². The zero-order chi connectivity index (χ0) is 20.1. The van der Waals surface area contributed by atoms with Crippen LogP contribution in [0.2, 0.25) is 0 Å². The van der Waals surface area contributed by atoms with E-state index in [1.165, 1.54) is 19.3 Å². The van der Waals surface area contributed by atoms with E-state index in [1.807, 2.05) is 0 Å². The molecule has 5 aliphatic carbocycles. The van der Waals surface area contributed by atoms with Gasteiger partial charge in [0.15, 0.2) is 0 Å². The average Bonchev–Trinajstić information content (AvgIpc) is 3.06. The third-order valence-corrected chi connectivity index (χ3v) is 10.4. The SMILES string of the molecule is CCC(C)(OC(=O)C1CC23CC(C)(C)C2C2C(C)CC12C3)C1CCC(=O)CC1. The van der Waals surface area contributed by atoms with Crippen molar-refractivity contribution in [1.29, 1.82) is 0 Å². The second-order valence-corrected chi connectivity index (χ2v) is 12.3. The molecule has 5 fully saturated rings. The summed E-state index contributed by atoms with van der Waals surface area (Å²) in [6, 6.07) is 0. The number of carbonyl (C=O) groups excluding carboxylic acids is 2. The predicted octanol–water partition coefficient (Wildman–Crippen LogP) is 5.56. The summed E-state index contributed by atoms with van der Waals surface area (Å²) >= 11 is 0. The molecule has 2 spiro atoms. The minimum Gasteiger partial charge on any atom is -0.459 e. The van der Waals surface area contributed by atoms with Crippen molar-refractivity contribution < 1.29 is 14.3 Å². The molecule has 7 atom stereocenters. The van der Waals surface area contributed by atoms with Gasteiger partial charge in [-0.2, -0.15) is 0 Å². The van der Waals surface area contributed by atoms with Gasteiger partial charge in [0, 0.05) is 12.8 Å². The van der Waals surface area contributed by atoms with Gasteiger partial charge in [-0.1, -0.05) is 27.7 Å². The molecule has 0 aromatic heterocycles. The highest BCUT2D eigenvalue weighted by atomic mass is 16.6. The molecule has 5 aliphatic rings. The predicted molar refractivity (Wildman–Crippen MR) is 109 cm³/mol. The fraction of sp³-hybridized carbons (Fsp3) is 0.920. The highest BCUT2D eigenvalue weighted by Crippen LogP contribution is 2.87. The Morgan fingerprint density at radius 3 is 2.43 bits per heavy atom. The second kappa shape index (κ2) is 5.64. The van der Waals surface area contributed by atoms with E-state index in [1.54, 1.807) is 0 Å². The standard InChI is InChI=1S/C25H38O3/c1-6-23(5,16-7-9-17(26)10-8-16)28-21(27)18-12-24-13-22(3,4)20(24)19-15(2)11-25(18,19)14-24/h15-16,18-20H,6-14H2,1-5H3. The molecule has 156 valence electrons. The second-order valence-electron chi connectivity index (χ2n) is 12.3. The minimum atomic E-state index is -0.406. The van der Waals surface area contributed by atoms with E-state index in [2.05, 4.69) is 34.6 Å². The lowest BCUT2D eigenvalue weighted by Crippen LogP contribution is -2.62. The van der Waals surface area contributed by atoms with Crippen LogP contribution in [0.4, 0.5) is 0 Å². The number of esters is 1. The number of rotatable bonds is 4. The van der Waals surface area contributed by atoms with Crippen molar-refractivity contribution in [2.75, 3.05) is 0 Å². The van der Waals surface area contributed by atoms with Gasteiger partial charge in [0.05, 0.1) is 5.92 Å². The van der Waals surface area contributed by atoms with Gasteiger partial charge < -0.3 is 4.74 Å². The largest absolute Gasteiger partial charge is 0.459 e. The van der Waals surface area contributed by atoms with Crippen molar-refractivity contribution in [2.24, 2.45) is 45.8 Å². The molecule has 0 aromatic carbocycles. The maximum absolute atomic E-state index is 13.6. The molecule has 5 saturated carbocycles. The van der Waals surface area contributed by atoms with E-state index in [4.69, 9.17) is 4.74 Å². The number of hydrogen-bond acceptors (Lipinski definition) is 3. The van der Waals surface area contributed by atoms with E-state index >= 15 is 0 Å². The summed E-state index contributed by atoms with van der Waals surface area (Å²) in [5.74, 6) is 3.26. The first-order chi connectivity index (χ1) is 13.1. The maximum Gasteiger partial charge on any atom is 0.310 e. The minimum absolute atomic E-state index is 0.0955. The van der Waals surface area contributed by atoms with Gasteiger partial charge in [-0.3, -0.25) is 9.59 Å². The summed E-state index contributed by atoms with van der Waals surface area (Å²) in [5.41, 5.74) is 0.730. The first-order valence-electron chi connectivity index (χ1n) is 11.8. The number of hydrogen-bond donors (Lipinski definition) is 0. The van der Waals surface area contributed by atoms with Crippen LogP contribution in [0.25, 0.3) is 0 Å². The van der Waals surface area contributed by atoms with Crippen LogP contribution in [0.5, 0.6) is 0 Å². The zero-order valence-electron chi connectivity index (χ0n) is 18.5. The Kier molecular flexibility index (Phi) is 3.85. The Morgan fingerprint density at radius 2 is 1.86 bits per heavy atom. The fourth-order valence-electron chi connectivity index (χ4n) is 9.63. The normalized spacial score (nSPS) is 48.1. The number of ether oxygens (including phenoxy) is 1. The molecule has 0 heterocycles. The summed E-state index contributed by atoms with van der Waals surface area (Å²) in [4.78, 5) is 25.2. The Balaban J connectivity index is 1.35. The average molecular weight is 387 g/mol. The number of fused-ring (bicyclic) bond motifs is 1. The monoisotopic (exact) mass is 386 g/mol. The summed E-state index contributed by atoms with van der Waals surface area (Å²) in [6.45, 7) is 11.6. The maximum atomic E-state index is 13.6. The molecule has 28 heavy (non-hydrogen) atoms. The summed E-state index contributed by atoms with van der Waals surface area (Å²) in [6.07, 6.45) is 8.81. The van der Waals surface area contributed by atoms with Crippen LogP contribution < -0.4 is 0 Å². The lowest BCUT2D eigenvalue weighted by Gasteiger charge is -2.66. The van der Waals surface area contributed by atoms with Crippen molar-refractivity contribution >= 4 is 11.8 Å². The van der Waals surface area contributed by atoms with Crippen LogP contribution in [0.1, 0.15) is 92.4 Å². The Morgan fingerprint density at radius 1 is 1.18 bits per heavy atom. The Hall–Kier alpha value is -0.860. The van der Waals surface area contributed by atoms with Crippen LogP contribution >= 0.6 is 0 Å². The van der Waals surface area contributed by atoms with E-state index < -0.39 is 5.60 Å². The van der Waals surface area contributed by atoms with Gasteiger partial charge in [0.25, 0.3) is 0 Å². The van der Waals surface area contributed by atoms with Crippen LogP contribution in [0.3, 0.4) is 0 Å². The molecule has 5 rings (SSSR count). The molecule has 0 amide bonds. The van der Waals surface area contributed by atoms with Crippen molar-refractivity contribution in [2.45, 2.75) is 98.0 Å². The zero-order valence-corrected chi connectivity index (χ0v) is 18.5. The van der Waals surface area contributed by atoms with Gasteiger partial charge in [-0.05, 0) is 91.8 Å². The highest BCUT2D eigenvalue weighted by molar-refractivity contribution is 5.79. The first-order valence-corrected chi connectivity index (χ1v) is 11.8. The first kappa shape index (κ1) is 19.1. The number of carbonyl (C=O) groups is 2. The number of Topliss-reactive ketones (excluding diaryl/α,β-unsaturated/α-hetero) is 1. The molecule has 0 saturated heterocycles. The molecule has 3 heteroatoms. The summed E-state index contributed by atoms with van der Waals surface area (Å²) in [5, 5.41) is 0. The Labute approximate surface area is 170 Å². The van der Waals surface area contributed by atoms with Crippen LogP contribution in [0, 0.1) is 45.8 Å². The van der Waals surface area contributed by atoms with E-state index in [0.29, 0.717) is 35.4 Å². The lowest BCUT2D eigenvalue weighted by atomic mass is 9.38. The smallest absolute Gasteiger partial charge is 0.310 e. The van der Waals surface area contributed by atoms with E-state index in [9.17, 15) is 9.59 Å². The van der Waals surface area contributed by atoms with Crippen LogP contribution in [-0.4, -0.2) is 17.4 Å². The van der Waals surface area contributed by atoms with Gasteiger partial charge in [0.1, 0.15) is 11.4 Å². The van der Waals surface area contributed by atoms with Gasteiger partial charge in [-0.25, -0.2) is 0 Å². The van der Waals surface area contributed by atoms with E-state index in [-0.39, 0.29) is 17.3 Å². The molecule has 0 N–H and O–H groups in total. The summed E-state index contributed by atoms with van der Waals surface area (Å²) < 4.78 is 6.39. The molecule has 7 unspecified atom stereocenters. The highest BCUT2D eigenvalue weighted by Gasteiger charge is 2.82. The van der Waals surface area contributed by atoms with Gasteiger partial charge in [-0.15, -0.1) is 0 Å². The van der Waals surface area contributed by atoms with E-state index in [0.717, 1.165) is 43.4 Å². The van der Waals surface area contributed by atoms with Crippen LogP contribution in [0.15, 0.2) is 0 Å². The van der Waals surface area contributed by atoms with Crippen molar-refractivity contribution in [3.63, 3.8) is 0 Å². The molecule has 2 bridgehead atoms. The van der Waals surface area contributed by atoms with Crippen molar-refractivity contribution in [1.82, 2.24) is 0 Å². The Bertz CT molecular complexity index is 715. The van der Waals surface area contributed by atoms with Crippen molar-refractivity contribution in [3.8, 4) is 0 Å².